The minimum atomic E-state index is -0.551. The van der Waals surface area contributed by atoms with E-state index in [0.29, 0.717) is 13.0 Å². The van der Waals surface area contributed by atoms with Crippen molar-refractivity contribution in [1.29, 1.82) is 0 Å². The van der Waals surface area contributed by atoms with Crippen molar-refractivity contribution in [2.75, 3.05) is 19.8 Å². The van der Waals surface area contributed by atoms with Gasteiger partial charge >= 0.3 is 5.97 Å². The highest BCUT2D eigenvalue weighted by molar-refractivity contribution is 5.69. The molecule has 0 rings (SSSR count). The zero-order chi connectivity index (χ0) is 39.8. The van der Waals surface area contributed by atoms with Crippen molar-refractivity contribution >= 4 is 5.97 Å². The lowest BCUT2D eigenvalue weighted by molar-refractivity contribution is -0.154. The summed E-state index contributed by atoms with van der Waals surface area (Å²) in [5.74, 6) is -0.218. The molecule has 1 unspecified atom stereocenters. The second-order valence-electron chi connectivity index (χ2n) is 15.5. The fraction of sp³-hybridized carbons (Fsp3) is 0.745. The maximum Gasteiger partial charge on any atom is 0.306 e. The first-order chi connectivity index (χ1) is 27.2. The molecule has 0 aliphatic rings. The normalized spacial score (nSPS) is 13.0. The van der Waals surface area contributed by atoms with Gasteiger partial charge in [0.05, 0.1) is 13.2 Å². The van der Waals surface area contributed by atoms with Crippen LogP contribution in [0.5, 0.6) is 0 Å². The first-order valence-electron chi connectivity index (χ1n) is 23.5. The van der Waals surface area contributed by atoms with Gasteiger partial charge in [-0.05, 0) is 89.9 Å². The molecular formula is C51H90O4. The van der Waals surface area contributed by atoms with Crippen LogP contribution in [0.3, 0.4) is 0 Å². The molecule has 1 atom stereocenters. The van der Waals surface area contributed by atoms with Crippen LogP contribution in [0.25, 0.3) is 0 Å². The molecule has 0 saturated heterocycles. The number of allylic oxidation sites excluding steroid dienone is 12. The van der Waals surface area contributed by atoms with Crippen LogP contribution in [0, 0.1) is 0 Å². The number of ether oxygens (including phenoxy) is 2. The first-order valence-corrected chi connectivity index (χ1v) is 23.5. The van der Waals surface area contributed by atoms with Crippen molar-refractivity contribution in [1.82, 2.24) is 0 Å². The van der Waals surface area contributed by atoms with Gasteiger partial charge in [0.25, 0.3) is 0 Å². The highest BCUT2D eigenvalue weighted by Crippen LogP contribution is 2.12. The van der Waals surface area contributed by atoms with Crippen LogP contribution in [0.15, 0.2) is 72.9 Å². The molecule has 0 aromatic heterocycles. The van der Waals surface area contributed by atoms with Crippen LogP contribution in [0.2, 0.25) is 0 Å². The maximum atomic E-state index is 12.2. The van der Waals surface area contributed by atoms with Gasteiger partial charge in [-0.15, -0.1) is 0 Å². The van der Waals surface area contributed by atoms with E-state index in [1.807, 2.05) is 0 Å². The van der Waals surface area contributed by atoms with E-state index in [2.05, 4.69) is 86.8 Å². The van der Waals surface area contributed by atoms with Crippen molar-refractivity contribution in [3.63, 3.8) is 0 Å². The monoisotopic (exact) mass is 767 g/mol. The Balaban J connectivity index is 3.50. The molecule has 0 aromatic carbocycles. The van der Waals surface area contributed by atoms with Gasteiger partial charge in [-0.2, -0.15) is 0 Å². The largest absolute Gasteiger partial charge is 0.457 e. The summed E-state index contributed by atoms with van der Waals surface area (Å²) in [6, 6.07) is 0. The number of carbonyl (C=O) groups is 1. The van der Waals surface area contributed by atoms with Gasteiger partial charge in [0.2, 0.25) is 0 Å². The number of aliphatic hydroxyl groups is 1. The molecule has 0 spiro atoms. The molecule has 0 fully saturated rings. The van der Waals surface area contributed by atoms with Crippen molar-refractivity contribution in [2.24, 2.45) is 0 Å². The summed E-state index contributed by atoms with van der Waals surface area (Å²) in [6.45, 7) is 5.29. The van der Waals surface area contributed by atoms with Crippen molar-refractivity contribution < 1.29 is 19.4 Å². The molecule has 0 saturated carbocycles. The number of aliphatic hydroxyl groups excluding tert-OH is 1. The van der Waals surface area contributed by atoms with Crippen molar-refractivity contribution in [2.45, 2.75) is 225 Å². The van der Waals surface area contributed by atoms with Crippen LogP contribution in [0.1, 0.15) is 219 Å². The molecule has 0 aliphatic heterocycles. The highest BCUT2D eigenvalue weighted by atomic mass is 16.6. The summed E-state index contributed by atoms with van der Waals surface area (Å²) in [7, 11) is 0. The Bertz CT molecular complexity index is 942. The van der Waals surface area contributed by atoms with E-state index in [1.54, 1.807) is 0 Å². The maximum absolute atomic E-state index is 12.2. The average Bonchev–Trinajstić information content (AvgIpc) is 3.19. The fourth-order valence-electron chi connectivity index (χ4n) is 6.46. The molecule has 55 heavy (non-hydrogen) atoms. The zero-order valence-corrected chi connectivity index (χ0v) is 36.4. The van der Waals surface area contributed by atoms with E-state index in [9.17, 15) is 9.90 Å². The number of carbonyl (C=O) groups excluding carboxylic acids is 1. The summed E-state index contributed by atoms with van der Waals surface area (Å²) in [4.78, 5) is 12.2. The second kappa shape index (κ2) is 48.0. The number of hydrogen-bond acceptors (Lipinski definition) is 4. The van der Waals surface area contributed by atoms with Gasteiger partial charge in [-0.3, -0.25) is 4.79 Å². The molecule has 318 valence electrons. The Kier molecular flexibility index (Phi) is 46.1. The minimum absolute atomic E-state index is 0.185. The van der Waals surface area contributed by atoms with Crippen LogP contribution < -0.4 is 0 Å². The topological polar surface area (TPSA) is 55.8 Å². The second-order valence-corrected chi connectivity index (χ2v) is 15.5. The molecule has 0 aromatic rings. The summed E-state index contributed by atoms with van der Waals surface area (Å²) in [5, 5.41) is 9.63. The molecule has 0 aliphatic carbocycles. The lowest BCUT2D eigenvalue weighted by Crippen LogP contribution is -2.27. The molecule has 0 heterocycles. The number of rotatable bonds is 43. The number of unbranched alkanes of at least 4 members (excludes halogenated alkanes) is 23. The minimum Gasteiger partial charge on any atom is -0.457 e. The third-order valence-electron chi connectivity index (χ3n) is 10.0. The van der Waals surface area contributed by atoms with Crippen molar-refractivity contribution in [3.8, 4) is 0 Å². The Morgan fingerprint density at radius 3 is 1.15 bits per heavy atom. The van der Waals surface area contributed by atoms with Gasteiger partial charge < -0.3 is 14.6 Å². The van der Waals surface area contributed by atoms with Crippen molar-refractivity contribution in [3.05, 3.63) is 72.9 Å². The molecule has 0 bridgehead atoms. The quantitative estimate of drug-likeness (QED) is 0.0381. The Hall–Kier alpha value is -2.17. The van der Waals surface area contributed by atoms with Crippen LogP contribution in [0.4, 0.5) is 0 Å². The van der Waals surface area contributed by atoms with Crippen LogP contribution >= 0.6 is 0 Å². The molecule has 4 nitrogen and oxygen atoms in total. The predicted octanol–water partition coefficient (Wildman–Crippen LogP) is 15.8. The molecule has 0 radical (unpaired) electrons. The molecular weight excluding hydrogens is 677 g/mol. The number of hydrogen-bond donors (Lipinski definition) is 1. The van der Waals surface area contributed by atoms with E-state index in [1.165, 1.54) is 135 Å². The van der Waals surface area contributed by atoms with E-state index in [4.69, 9.17) is 9.47 Å². The zero-order valence-electron chi connectivity index (χ0n) is 36.4. The summed E-state index contributed by atoms with van der Waals surface area (Å²) in [6.07, 6.45) is 65.4. The van der Waals surface area contributed by atoms with Gasteiger partial charge in [0, 0.05) is 13.0 Å². The fourth-order valence-corrected chi connectivity index (χ4v) is 6.46. The lowest BCUT2D eigenvalue weighted by Gasteiger charge is -2.15. The summed E-state index contributed by atoms with van der Waals surface area (Å²) < 4.78 is 11.2. The Labute approximate surface area is 342 Å². The third-order valence-corrected chi connectivity index (χ3v) is 10.0. The highest BCUT2D eigenvalue weighted by Gasteiger charge is 2.13. The van der Waals surface area contributed by atoms with E-state index in [0.717, 1.165) is 64.2 Å². The molecule has 4 heteroatoms. The number of esters is 1. The van der Waals surface area contributed by atoms with Gasteiger partial charge in [0.15, 0.2) is 0 Å². The van der Waals surface area contributed by atoms with Gasteiger partial charge in [-0.1, -0.05) is 196 Å². The average molecular weight is 767 g/mol. The summed E-state index contributed by atoms with van der Waals surface area (Å²) in [5.41, 5.74) is 0. The van der Waals surface area contributed by atoms with E-state index in [-0.39, 0.29) is 19.2 Å². The Morgan fingerprint density at radius 2 is 0.764 bits per heavy atom. The summed E-state index contributed by atoms with van der Waals surface area (Å²) >= 11 is 0. The Morgan fingerprint density at radius 1 is 0.436 bits per heavy atom. The molecule has 1 N–H and O–H groups in total. The lowest BCUT2D eigenvalue weighted by atomic mass is 10.1. The van der Waals surface area contributed by atoms with E-state index < -0.39 is 6.10 Å². The molecule has 0 amide bonds. The SMILES string of the molecule is CCCCCCC/C=C\C/C=C\C/C=C\CCCCCCCCCOCC(CO)OC(=O)CCCCCCCC/C=C\C/C=C\C/C=C\CCCCCCC. The van der Waals surface area contributed by atoms with Gasteiger partial charge in [0.1, 0.15) is 6.10 Å². The van der Waals surface area contributed by atoms with Gasteiger partial charge in [-0.25, -0.2) is 0 Å². The standard InChI is InChI=1S/C51H90O4/c1-3-5-7-9-11-13-15-17-19-21-23-25-27-29-31-33-35-37-39-41-43-45-47-54-49-50(48-52)55-51(53)46-44-42-40-38-36-34-32-30-28-26-24-22-20-18-16-14-12-10-8-6-4-2/h15-18,21-24,27-30,50,52H,3-14,19-20,25-26,31-49H2,1-2H3/b17-15-,18-16-,23-21-,24-22-,29-27-,30-28-. The predicted molar refractivity (Wildman–Crippen MR) is 242 cm³/mol. The van der Waals surface area contributed by atoms with Crippen LogP contribution in [-0.4, -0.2) is 37.0 Å². The van der Waals surface area contributed by atoms with E-state index >= 15 is 0 Å². The third kappa shape index (κ3) is 46.1. The first kappa shape index (κ1) is 52.8. The van der Waals surface area contributed by atoms with Crippen LogP contribution in [-0.2, 0) is 14.3 Å². The smallest absolute Gasteiger partial charge is 0.306 e.